The van der Waals surface area contributed by atoms with Crippen LogP contribution in [0.5, 0.6) is 0 Å². The number of nitrogens with two attached hydrogens (primary N) is 2. The summed E-state index contributed by atoms with van der Waals surface area (Å²) in [7, 11) is 0. The van der Waals surface area contributed by atoms with Crippen molar-refractivity contribution in [3.63, 3.8) is 0 Å². The number of ether oxygens (including phenoxy) is 1. The Kier molecular flexibility index (Phi) is 4.17. The van der Waals surface area contributed by atoms with Gasteiger partial charge < -0.3 is 16.2 Å². The Morgan fingerprint density at radius 3 is 2.60 bits per heavy atom. The number of aromatic nitrogens is 2. The molecule has 1 aromatic rings. The average molecular weight is 228 g/mol. The lowest BCUT2D eigenvalue weighted by Crippen LogP contribution is -2.07. The zero-order valence-electron chi connectivity index (χ0n) is 8.27. The molecule has 0 aliphatic rings. The minimum atomic E-state index is -0.313. The highest BCUT2D eigenvalue weighted by Gasteiger charge is 2.06. The Bertz CT molecular complexity index is 338. The zero-order chi connectivity index (χ0) is 11.3. The van der Waals surface area contributed by atoms with E-state index in [4.69, 9.17) is 16.2 Å². The number of carbonyl (C=O) groups excluding carboxylic acids is 1. The predicted molar refractivity (Wildman–Crippen MR) is 58.2 cm³/mol. The Labute approximate surface area is 91.4 Å². The summed E-state index contributed by atoms with van der Waals surface area (Å²) in [6.07, 6.45) is 0. The van der Waals surface area contributed by atoms with Gasteiger partial charge >= 0.3 is 5.97 Å². The molecule has 1 heterocycles. The maximum absolute atomic E-state index is 11.0. The van der Waals surface area contributed by atoms with Crippen molar-refractivity contribution < 1.29 is 9.53 Å². The Morgan fingerprint density at radius 2 is 2.07 bits per heavy atom. The number of nitrogens with zero attached hydrogens (tertiary/aromatic N) is 2. The molecule has 0 aromatic carbocycles. The number of nitrogen functional groups attached to an aromatic ring is 2. The van der Waals surface area contributed by atoms with Crippen LogP contribution in [0.1, 0.15) is 6.92 Å². The Hall–Kier alpha value is -1.50. The molecule has 0 fully saturated rings. The lowest BCUT2D eigenvalue weighted by atomic mass is 10.5. The Balaban J connectivity index is 2.54. The number of thioether (sulfide) groups is 1. The van der Waals surface area contributed by atoms with E-state index in [9.17, 15) is 4.79 Å². The molecule has 0 aliphatic carbocycles. The molecule has 7 heteroatoms. The van der Waals surface area contributed by atoms with Crippen LogP contribution in [0.25, 0.3) is 0 Å². The van der Waals surface area contributed by atoms with Gasteiger partial charge in [0.1, 0.15) is 11.6 Å². The van der Waals surface area contributed by atoms with Crippen LogP contribution >= 0.6 is 11.8 Å². The minimum absolute atomic E-state index is 0.150. The summed E-state index contributed by atoms with van der Waals surface area (Å²) in [4.78, 5) is 18.8. The largest absolute Gasteiger partial charge is 0.465 e. The standard InChI is InChI=1S/C8H12N4O2S/c1-2-14-7(13)4-15-8-11-5(9)3-6(10)12-8/h3H,2,4H2,1H3,(H4,9,10,11,12). The third kappa shape index (κ3) is 4.03. The van der Waals surface area contributed by atoms with E-state index in [1.54, 1.807) is 6.92 Å². The molecule has 0 spiro atoms. The molecule has 0 radical (unpaired) electrons. The quantitative estimate of drug-likeness (QED) is 0.433. The van der Waals surface area contributed by atoms with Gasteiger partial charge in [0.2, 0.25) is 0 Å². The second kappa shape index (κ2) is 5.40. The highest BCUT2D eigenvalue weighted by Crippen LogP contribution is 2.16. The predicted octanol–water partition coefficient (Wildman–Crippen LogP) is 0.296. The number of anilines is 2. The van der Waals surface area contributed by atoms with Gasteiger partial charge in [-0.2, -0.15) is 0 Å². The van der Waals surface area contributed by atoms with E-state index in [2.05, 4.69) is 9.97 Å². The normalized spacial score (nSPS) is 9.93. The van der Waals surface area contributed by atoms with Crippen molar-refractivity contribution in [1.29, 1.82) is 0 Å². The van der Waals surface area contributed by atoms with Crippen LogP contribution in [0.15, 0.2) is 11.2 Å². The second-order valence-corrected chi connectivity index (χ2v) is 3.54. The Morgan fingerprint density at radius 1 is 1.47 bits per heavy atom. The van der Waals surface area contributed by atoms with Crippen molar-refractivity contribution in [1.82, 2.24) is 9.97 Å². The van der Waals surface area contributed by atoms with E-state index in [1.807, 2.05) is 0 Å². The van der Waals surface area contributed by atoms with Crippen molar-refractivity contribution in [2.45, 2.75) is 12.1 Å². The van der Waals surface area contributed by atoms with Crippen molar-refractivity contribution in [3.8, 4) is 0 Å². The molecule has 0 saturated heterocycles. The van der Waals surface area contributed by atoms with Crippen LogP contribution in [0.4, 0.5) is 11.6 Å². The monoisotopic (exact) mass is 228 g/mol. The highest BCUT2D eigenvalue weighted by atomic mass is 32.2. The van der Waals surface area contributed by atoms with Gasteiger partial charge in [-0.15, -0.1) is 0 Å². The molecule has 4 N–H and O–H groups in total. The summed E-state index contributed by atoms with van der Waals surface area (Å²) in [5, 5.41) is 0.376. The zero-order valence-corrected chi connectivity index (χ0v) is 9.08. The van der Waals surface area contributed by atoms with E-state index in [0.717, 1.165) is 11.8 Å². The van der Waals surface area contributed by atoms with Crippen LogP contribution in [-0.2, 0) is 9.53 Å². The average Bonchev–Trinajstić information content (AvgIpc) is 2.14. The molecule has 6 nitrogen and oxygen atoms in total. The van der Waals surface area contributed by atoms with Gasteiger partial charge in [0.05, 0.1) is 12.4 Å². The van der Waals surface area contributed by atoms with E-state index in [-0.39, 0.29) is 23.4 Å². The molecule has 0 aliphatic heterocycles. The van der Waals surface area contributed by atoms with Gasteiger partial charge in [-0.25, -0.2) is 9.97 Å². The fraction of sp³-hybridized carbons (Fsp3) is 0.375. The summed E-state index contributed by atoms with van der Waals surface area (Å²) >= 11 is 1.14. The van der Waals surface area contributed by atoms with Crippen LogP contribution < -0.4 is 11.5 Å². The number of hydrogen-bond acceptors (Lipinski definition) is 7. The van der Waals surface area contributed by atoms with Crippen molar-refractivity contribution >= 4 is 29.4 Å². The third-order valence-electron chi connectivity index (χ3n) is 1.37. The molecule has 0 bridgehead atoms. The molecule has 0 saturated carbocycles. The summed E-state index contributed by atoms with van der Waals surface area (Å²) in [6.45, 7) is 2.11. The lowest BCUT2D eigenvalue weighted by Gasteiger charge is -2.02. The smallest absolute Gasteiger partial charge is 0.316 e. The molecule has 1 rings (SSSR count). The second-order valence-electron chi connectivity index (χ2n) is 2.59. The SMILES string of the molecule is CCOC(=O)CSc1nc(N)cc(N)n1. The van der Waals surface area contributed by atoms with Crippen LogP contribution in [0, 0.1) is 0 Å². The van der Waals surface area contributed by atoms with E-state index >= 15 is 0 Å². The van der Waals surface area contributed by atoms with Crippen molar-refractivity contribution in [2.24, 2.45) is 0 Å². The van der Waals surface area contributed by atoms with Gasteiger partial charge in [0.25, 0.3) is 0 Å². The number of rotatable bonds is 4. The molecule has 0 amide bonds. The van der Waals surface area contributed by atoms with E-state index in [0.29, 0.717) is 11.8 Å². The van der Waals surface area contributed by atoms with Crippen molar-refractivity contribution in [2.75, 3.05) is 23.8 Å². The van der Waals surface area contributed by atoms with E-state index in [1.165, 1.54) is 6.07 Å². The van der Waals surface area contributed by atoms with Gasteiger partial charge in [-0.3, -0.25) is 4.79 Å². The molecule has 1 aromatic heterocycles. The molecular weight excluding hydrogens is 216 g/mol. The van der Waals surface area contributed by atoms with Crippen LogP contribution in [0.3, 0.4) is 0 Å². The van der Waals surface area contributed by atoms with Gasteiger partial charge in [-0.1, -0.05) is 11.8 Å². The fourth-order valence-corrected chi connectivity index (χ4v) is 1.52. The minimum Gasteiger partial charge on any atom is -0.465 e. The van der Waals surface area contributed by atoms with Gasteiger partial charge in [-0.05, 0) is 6.92 Å². The number of esters is 1. The lowest BCUT2D eigenvalue weighted by molar-refractivity contribution is -0.139. The first-order chi connectivity index (χ1) is 7.11. The maximum atomic E-state index is 11.0. The summed E-state index contributed by atoms with van der Waals surface area (Å²) < 4.78 is 4.75. The third-order valence-corrected chi connectivity index (χ3v) is 2.19. The molecule has 0 atom stereocenters. The van der Waals surface area contributed by atoms with E-state index < -0.39 is 0 Å². The first kappa shape index (κ1) is 11.6. The number of hydrogen-bond donors (Lipinski definition) is 2. The number of carbonyl (C=O) groups is 1. The summed E-state index contributed by atoms with van der Waals surface area (Å²) in [6, 6.07) is 1.45. The summed E-state index contributed by atoms with van der Waals surface area (Å²) in [5.74, 6) is 0.409. The molecule has 15 heavy (non-hydrogen) atoms. The molecular formula is C8H12N4O2S. The topological polar surface area (TPSA) is 104 Å². The first-order valence-corrected chi connectivity index (χ1v) is 5.29. The van der Waals surface area contributed by atoms with Crippen LogP contribution in [-0.4, -0.2) is 28.3 Å². The molecule has 0 unspecified atom stereocenters. The van der Waals surface area contributed by atoms with Gasteiger partial charge in [0, 0.05) is 6.07 Å². The fourth-order valence-electron chi connectivity index (χ4n) is 0.853. The highest BCUT2D eigenvalue weighted by molar-refractivity contribution is 7.99. The summed E-state index contributed by atoms with van der Waals surface area (Å²) in [5.41, 5.74) is 10.9. The maximum Gasteiger partial charge on any atom is 0.316 e. The van der Waals surface area contributed by atoms with Gasteiger partial charge in [0.15, 0.2) is 5.16 Å². The van der Waals surface area contributed by atoms with Crippen molar-refractivity contribution in [3.05, 3.63) is 6.07 Å². The molecule has 82 valence electrons. The van der Waals surface area contributed by atoms with Crippen LogP contribution in [0.2, 0.25) is 0 Å². The first-order valence-electron chi connectivity index (χ1n) is 4.30.